The quantitative estimate of drug-likeness (QED) is 0.536. The zero-order valence-corrected chi connectivity index (χ0v) is 7.69. The van der Waals surface area contributed by atoms with Gasteiger partial charge in [0.25, 0.3) is 0 Å². The Morgan fingerprint density at radius 1 is 1.91 bits per heavy atom. The maximum Gasteiger partial charge on any atom is 0.115 e. The van der Waals surface area contributed by atoms with Crippen molar-refractivity contribution in [3.63, 3.8) is 0 Å². The van der Waals surface area contributed by atoms with Gasteiger partial charge in [0, 0.05) is 13.8 Å². The molecule has 1 heterocycles. The molecule has 0 aromatic carbocycles. The summed E-state index contributed by atoms with van der Waals surface area (Å²) in [4.78, 5) is 4.06. The van der Waals surface area contributed by atoms with Crippen molar-refractivity contribution in [2.24, 2.45) is 5.10 Å². The molecule has 11 heavy (non-hydrogen) atoms. The summed E-state index contributed by atoms with van der Waals surface area (Å²) < 4.78 is 0.706. The van der Waals surface area contributed by atoms with Crippen LogP contribution in [0.15, 0.2) is 11.3 Å². The predicted octanol–water partition coefficient (Wildman–Crippen LogP) is 1.84. The molecule has 5 heteroatoms. The van der Waals surface area contributed by atoms with Crippen molar-refractivity contribution in [2.45, 2.75) is 6.54 Å². The van der Waals surface area contributed by atoms with Gasteiger partial charge in [-0.25, -0.2) is 4.98 Å². The van der Waals surface area contributed by atoms with E-state index in [1.165, 1.54) is 11.3 Å². The summed E-state index contributed by atoms with van der Waals surface area (Å²) in [5.74, 6) is 0. The molecule has 0 saturated carbocycles. The number of nitrogens with zero attached hydrogens (tertiary/aromatic N) is 3. The fourth-order valence-electron chi connectivity index (χ4n) is 0.607. The molecule has 1 aromatic heterocycles. The smallest absolute Gasteiger partial charge is 0.115 e. The lowest BCUT2D eigenvalue weighted by molar-refractivity contribution is 0.349. The second-order valence-corrected chi connectivity index (χ2v) is 3.76. The summed E-state index contributed by atoms with van der Waals surface area (Å²) in [6.07, 6.45) is 1.64. The predicted molar refractivity (Wildman–Crippen MR) is 48.1 cm³/mol. The lowest BCUT2D eigenvalue weighted by atomic mass is 10.7. The van der Waals surface area contributed by atoms with E-state index >= 15 is 0 Å². The van der Waals surface area contributed by atoms with E-state index < -0.39 is 0 Å². The summed E-state index contributed by atoms with van der Waals surface area (Å²) >= 11 is 7.13. The zero-order valence-electron chi connectivity index (χ0n) is 6.12. The van der Waals surface area contributed by atoms with E-state index in [0.29, 0.717) is 10.9 Å². The van der Waals surface area contributed by atoms with Crippen LogP contribution in [0.4, 0.5) is 0 Å². The van der Waals surface area contributed by atoms with Crippen molar-refractivity contribution in [1.29, 1.82) is 0 Å². The van der Waals surface area contributed by atoms with E-state index in [1.807, 2.05) is 7.05 Å². The highest BCUT2D eigenvalue weighted by Crippen LogP contribution is 2.18. The Morgan fingerprint density at radius 3 is 3.09 bits per heavy atom. The van der Waals surface area contributed by atoms with E-state index in [0.717, 1.165) is 5.01 Å². The van der Waals surface area contributed by atoms with E-state index in [4.69, 9.17) is 11.6 Å². The summed E-state index contributed by atoms with van der Waals surface area (Å²) in [6, 6.07) is 0. The molecule has 0 fully saturated rings. The number of rotatable bonds is 3. The lowest BCUT2D eigenvalue weighted by Crippen LogP contribution is -2.08. The molecule has 3 nitrogen and oxygen atoms in total. The maximum absolute atomic E-state index is 5.68. The third kappa shape index (κ3) is 2.48. The van der Waals surface area contributed by atoms with Crippen molar-refractivity contribution in [2.75, 3.05) is 7.05 Å². The van der Waals surface area contributed by atoms with Crippen LogP contribution in [-0.4, -0.2) is 23.8 Å². The van der Waals surface area contributed by atoms with Crippen molar-refractivity contribution in [3.05, 3.63) is 15.5 Å². The summed E-state index contributed by atoms with van der Waals surface area (Å²) in [6.45, 7) is 4.05. The van der Waals surface area contributed by atoms with Gasteiger partial charge in [0.15, 0.2) is 0 Å². The zero-order chi connectivity index (χ0) is 8.27. The average molecular weight is 190 g/mol. The van der Waals surface area contributed by atoms with Crippen LogP contribution in [0.3, 0.4) is 0 Å². The topological polar surface area (TPSA) is 28.5 Å². The van der Waals surface area contributed by atoms with Crippen LogP contribution >= 0.6 is 22.9 Å². The standard InChI is InChI=1S/C6H8ClN3S/c1-8-10(2)4-6-9-3-5(7)11-6/h3H,1,4H2,2H3. The highest BCUT2D eigenvalue weighted by molar-refractivity contribution is 7.15. The van der Waals surface area contributed by atoms with Gasteiger partial charge in [0.1, 0.15) is 9.34 Å². The highest BCUT2D eigenvalue weighted by Gasteiger charge is 2.00. The Balaban J connectivity index is 2.57. The van der Waals surface area contributed by atoms with Gasteiger partial charge >= 0.3 is 0 Å². The van der Waals surface area contributed by atoms with Crippen LogP contribution in [0.2, 0.25) is 4.34 Å². The molecule has 1 aromatic rings. The molecule has 0 atom stereocenters. The number of hydrogen-bond donors (Lipinski definition) is 0. The number of hydrazone groups is 1. The van der Waals surface area contributed by atoms with Crippen LogP contribution in [-0.2, 0) is 6.54 Å². The Labute approximate surface area is 74.3 Å². The van der Waals surface area contributed by atoms with Crippen molar-refractivity contribution < 1.29 is 0 Å². The fraction of sp³-hybridized carbons (Fsp3) is 0.333. The average Bonchev–Trinajstić information content (AvgIpc) is 2.35. The van der Waals surface area contributed by atoms with Crippen molar-refractivity contribution in [3.8, 4) is 0 Å². The SMILES string of the molecule is C=NN(C)Cc1ncc(Cl)s1. The second-order valence-electron chi connectivity index (χ2n) is 2.02. The first-order valence-corrected chi connectivity index (χ1v) is 4.20. The third-order valence-corrected chi connectivity index (χ3v) is 2.23. The van der Waals surface area contributed by atoms with Gasteiger partial charge in [-0.2, -0.15) is 5.10 Å². The first-order chi connectivity index (χ1) is 5.22. The molecule has 0 spiro atoms. The minimum Gasteiger partial charge on any atom is -0.294 e. The largest absolute Gasteiger partial charge is 0.294 e. The van der Waals surface area contributed by atoms with Gasteiger partial charge in [-0.1, -0.05) is 11.6 Å². The van der Waals surface area contributed by atoms with Crippen LogP contribution in [0, 0.1) is 0 Å². The maximum atomic E-state index is 5.68. The first kappa shape index (κ1) is 8.49. The van der Waals surface area contributed by atoms with Gasteiger partial charge in [-0.3, -0.25) is 5.01 Å². The van der Waals surface area contributed by atoms with Crippen molar-refractivity contribution in [1.82, 2.24) is 9.99 Å². The Bertz CT molecular complexity index is 248. The number of halogens is 1. The summed E-state index contributed by atoms with van der Waals surface area (Å²) in [5, 5.41) is 6.35. The summed E-state index contributed by atoms with van der Waals surface area (Å²) in [5.41, 5.74) is 0. The molecule has 0 amide bonds. The molecule has 0 aliphatic carbocycles. The number of aromatic nitrogens is 1. The van der Waals surface area contributed by atoms with Gasteiger partial charge in [-0.05, 0) is 0 Å². The highest BCUT2D eigenvalue weighted by atomic mass is 35.5. The van der Waals surface area contributed by atoms with Crippen LogP contribution in [0.25, 0.3) is 0 Å². The van der Waals surface area contributed by atoms with Gasteiger partial charge in [0.2, 0.25) is 0 Å². The minimum atomic E-state index is 0.668. The molecule has 0 bridgehead atoms. The lowest BCUT2D eigenvalue weighted by Gasteiger charge is -2.07. The molecule has 60 valence electrons. The number of hydrogen-bond acceptors (Lipinski definition) is 4. The molecular weight excluding hydrogens is 182 g/mol. The summed E-state index contributed by atoms with van der Waals surface area (Å²) in [7, 11) is 1.84. The monoisotopic (exact) mass is 189 g/mol. The van der Waals surface area contributed by atoms with Gasteiger partial charge < -0.3 is 0 Å². The van der Waals surface area contributed by atoms with E-state index in [1.54, 1.807) is 11.2 Å². The molecule has 0 aliphatic heterocycles. The molecule has 0 aliphatic rings. The van der Waals surface area contributed by atoms with Gasteiger partial charge in [-0.15, -0.1) is 11.3 Å². The first-order valence-electron chi connectivity index (χ1n) is 3.00. The molecule has 0 N–H and O–H groups in total. The van der Waals surface area contributed by atoms with Crippen molar-refractivity contribution >= 4 is 29.7 Å². The van der Waals surface area contributed by atoms with E-state index in [-0.39, 0.29) is 0 Å². The van der Waals surface area contributed by atoms with Crippen LogP contribution in [0.5, 0.6) is 0 Å². The van der Waals surface area contributed by atoms with Crippen LogP contribution in [0.1, 0.15) is 5.01 Å². The second kappa shape index (κ2) is 3.69. The molecule has 0 unspecified atom stereocenters. The van der Waals surface area contributed by atoms with Crippen LogP contribution < -0.4 is 0 Å². The van der Waals surface area contributed by atoms with E-state index in [9.17, 15) is 0 Å². The van der Waals surface area contributed by atoms with E-state index in [2.05, 4.69) is 16.8 Å². The molecule has 0 radical (unpaired) electrons. The Morgan fingerprint density at radius 2 is 2.64 bits per heavy atom. The molecular formula is C6H8ClN3S. The van der Waals surface area contributed by atoms with Gasteiger partial charge in [0.05, 0.1) is 12.7 Å². The molecule has 0 saturated heterocycles. The Hall–Kier alpha value is -0.610. The normalized spacial score (nSPS) is 9.64. The molecule has 1 rings (SSSR count). The minimum absolute atomic E-state index is 0.668. The fourth-order valence-corrected chi connectivity index (χ4v) is 1.61. The third-order valence-electron chi connectivity index (χ3n) is 1.13. The Kier molecular flexibility index (Phi) is 2.84. The number of thiazole rings is 1.